The predicted octanol–water partition coefficient (Wildman–Crippen LogP) is 0.690. The summed E-state index contributed by atoms with van der Waals surface area (Å²) in [5.41, 5.74) is 0. The van der Waals surface area contributed by atoms with Crippen LogP contribution in [0.3, 0.4) is 0 Å². The zero-order valence-corrected chi connectivity index (χ0v) is 11.3. The number of aromatic nitrogens is 2. The lowest BCUT2D eigenvalue weighted by Crippen LogP contribution is -2.25. The third-order valence-corrected chi connectivity index (χ3v) is 5.29. The molecule has 0 saturated heterocycles. The molecule has 0 aromatic carbocycles. The van der Waals surface area contributed by atoms with Crippen LogP contribution < -0.4 is 4.72 Å². The van der Waals surface area contributed by atoms with Crippen LogP contribution in [0.4, 0.5) is 0 Å². The monoisotopic (exact) mass is 301 g/mol. The number of sulfonamides is 1. The van der Waals surface area contributed by atoms with Crippen molar-refractivity contribution < 1.29 is 18.3 Å². The summed E-state index contributed by atoms with van der Waals surface area (Å²) in [5.74, 6) is -0.456. The summed E-state index contributed by atoms with van der Waals surface area (Å²) in [4.78, 5) is 17.5. The van der Waals surface area contributed by atoms with E-state index in [0.29, 0.717) is 12.2 Å². The molecule has 2 heterocycles. The number of hydrogen-bond acceptors (Lipinski definition) is 5. The summed E-state index contributed by atoms with van der Waals surface area (Å²) < 4.78 is 26.1. The lowest BCUT2D eigenvalue weighted by Gasteiger charge is -2.02. The van der Waals surface area contributed by atoms with E-state index in [1.54, 1.807) is 12.4 Å². The van der Waals surface area contributed by atoms with Crippen molar-refractivity contribution in [2.75, 3.05) is 6.54 Å². The molecule has 0 fully saturated rings. The van der Waals surface area contributed by atoms with Gasteiger partial charge in [0.05, 0.1) is 0 Å². The van der Waals surface area contributed by atoms with Crippen LogP contribution in [0, 0.1) is 0 Å². The number of thiophene rings is 1. The van der Waals surface area contributed by atoms with Crippen LogP contribution in [0.1, 0.15) is 15.5 Å². The highest BCUT2D eigenvalue weighted by Crippen LogP contribution is 2.21. The molecule has 0 aliphatic heterocycles. The number of carboxylic acids is 1. The van der Waals surface area contributed by atoms with Crippen LogP contribution in [0.2, 0.25) is 0 Å². The van der Waals surface area contributed by atoms with Crippen molar-refractivity contribution in [3.05, 3.63) is 35.2 Å². The summed E-state index contributed by atoms with van der Waals surface area (Å²) in [5, 5.41) is 8.75. The van der Waals surface area contributed by atoms with Gasteiger partial charge < -0.3 is 10.1 Å². The van der Waals surface area contributed by atoms with Crippen molar-refractivity contribution in [1.29, 1.82) is 0 Å². The van der Waals surface area contributed by atoms with Crippen molar-refractivity contribution in [2.45, 2.75) is 10.6 Å². The van der Waals surface area contributed by atoms with Crippen LogP contribution in [-0.4, -0.2) is 36.0 Å². The Bertz CT molecular complexity index is 661. The first-order valence-electron chi connectivity index (χ1n) is 5.30. The SMILES string of the molecule is O=C(O)c1ccc(S(=O)(=O)NCCc2ncc[nH]2)s1. The molecule has 0 aliphatic carbocycles. The first-order valence-corrected chi connectivity index (χ1v) is 7.60. The van der Waals surface area contributed by atoms with Crippen molar-refractivity contribution >= 4 is 27.3 Å². The number of rotatable bonds is 6. The molecule has 0 bridgehead atoms. The van der Waals surface area contributed by atoms with Gasteiger partial charge in [0.25, 0.3) is 0 Å². The summed E-state index contributed by atoms with van der Waals surface area (Å²) in [6, 6.07) is 2.55. The Morgan fingerprint density at radius 2 is 2.26 bits per heavy atom. The minimum atomic E-state index is -3.66. The number of aromatic carboxylic acids is 1. The molecule has 7 nitrogen and oxygen atoms in total. The van der Waals surface area contributed by atoms with Gasteiger partial charge in [-0.15, -0.1) is 11.3 Å². The van der Waals surface area contributed by atoms with E-state index in [1.807, 2.05) is 0 Å². The maximum absolute atomic E-state index is 11.9. The number of nitrogens with one attached hydrogen (secondary N) is 2. The lowest BCUT2D eigenvalue weighted by molar-refractivity contribution is 0.0702. The van der Waals surface area contributed by atoms with E-state index < -0.39 is 16.0 Å². The van der Waals surface area contributed by atoms with Gasteiger partial charge in [-0.05, 0) is 12.1 Å². The molecule has 0 spiro atoms. The Kier molecular flexibility index (Phi) is 3.98. The largest absolute Gasteiger partial charge is 0.477 e. The fourth-order valence-electron chi connectivity index (χ4n) is 1.39. The standard InChI is InChI=1S/C10H11N3O4S2/c14-10(15)7-1-2-9(18-7)19(16,17)13-4-3-8-11-5-6-12-8/h1-2,5-6,13H,3-4H2,(H,11,12)(H,14,15). The molecule has 2 aromatic rings. The molecule has 19 heavy (non-hydrogen) atoms. The second-order valence-corrected chi connectivity index (χ2v) is 6.69. The van der Waals surface area contributed by atoms with Crippen LogP contribution >= 0.6 is 11.3 Å². The molecule has 0 saturated carbocycles. The van der Waals surface area contributed by atoms with Gasteiger partial charge in [0.2, 0.25) is 10.0 Å². The van der Waals surface area contributed by atoms with Crippen LogP contribution in [0.5, 0.6) is 0 Å². The molecule has 2 rings (SSSR count). The van der Waals surface area contributed by atoms with Gasteiger partial charge >= 0.3 is 5.97 Å². The smallest absolute Gasteiger partial charge is 0.345 e. The Hall–Kier alpha value is -1.71. The zero-order chi connectivity index (χ0) is 13.9. The first-order chi connectivity index (χ1) is 8.99. The van der Waals surface area contributed by atoms with Crippen molar-refractivity contribution in [2.24, 2.45) is 0 Å². The molecule has 0 radical (unpaired) electrons. The lowest BCUT2D eigenvalue weighted by atomic mass is 10.4. The highest BCUT2D eigenvalue weighted by molar-refractivity contribution is 7.91. The summed E-state index contributed by atoms with van der Waals surface area (Å²) in [6.45, 7) is 0.191. The van der Waals surface area contributed by atoms with Gasteiger partial charge in [0.15, 0.2) is 0 Å². The van der Waals surface area contributed by atoms with Gasteiger partial charge in [0, 0.05) is 25.4 Å². The number of aromatic amines is 1. The van der Waals surface area contributed by atoms with Crippen LogP contribution in [0.25, 0.3) is 0 Å². The minimum absolute atomic E-state index is 0.00795. The maximum Gasteiger partial charge on any atom is 0.345 e. The van der Waals surface area contributed by atoms with Gasteiger partial charge in [-0.1, -0.05) is 0 Å². The number of hydrogen-bond donors (Lipinski definition) is 3. The fraction of sp³-hybridized carbons (Fsp3) is 0.200. The third-order valence-electron chi connectivity index (χ3n) is 2.27. The van der Waals surface area contributed by atoms with E-state index in [-0.39, 0.29) is 15.6 Å². The molecule has 3 N–H and O–H groups in total. The number of nitrogens with zero attached hydrogens (tertiary/aromatic N) is 1. The van der Waals surface area contributed by atoms with E-state index in [4.69, 9.17) is 5.11 Å². The summed E-state index contributed by atoms with van der Waals surface area (Å²) in [6.07, 6.45) is 3.67. The molecular formula is C10H11N3O4S2. The van der Waals surface area contributed by atoms with Gasteiger partial charge in [0.1, 0.15) is 14.9 Å². The normalized spacial score (nSPS) is 11.6. The van der Waals surface area contributed by atoms with Crippen LogP contribution in [-0.2, 0) is 16.4 Å². The van der Waals surface area contributed by atoms with Crippen molar-refractivity contribution in [3.63, 3.8) is 0 Å². The Morgan fingerprint density at radius 1 is 1.47 bits per heavy atom. The summed E-state index contributed by atoms with van der Waals surface area (Å²) >= 11 is 0.722. The molecule has 9 heteroatoms. The average Bonchev–Trinajstić information content (AvgIpc) is 2.99. The molecule has 102 valence electrons. The number of H-pyrrole nitrogens is 1. The number of carbonyl (C=O) groups is 1. The quantitative estimate of drug-likeness (QED) is 0.726. The van der Waals surface area contributed by atoms with Gasteiger partial charge in [-0.3, -0.25) is 0 Å². The van der Waals surface area contributed by atoms with Gasteiger partial charge in [-0.25, -0.2) is 22.9 Å². The summed E-state index contributed by atoms with van der Waals surface area (Å²) in [7, 11) is -3.66. The number of imidazole rings is 1. The molecule has 0 amide bonds. The number of carboxylic acid groups (broad SMARTS) is 1. The second-order valence-electron chi connectivity index (χ2n) is 3.61. The Labute approximate surface area is 113 Å². The van der Waals surface area contributed by atoms with E-state index in [0.717, 1.165) is 11.3 Å². The zero-order valence-electron chi connectivity index (χ0n) is 9.66. The molecule has 0 aliphatic rings. The van der Waals surface area contributed by atoms with E-state index in [2.05, 4.69) is 14.7 Å². The molecule has 0 unspecified atom stereocenters. The fourth-order valence-corrected chi connectivity index (χ4v) is 3.61. The van der Waals surface area contributed by atoms with Crippen LogP contribution in [0.15, 0.2) is 28.7 Å². The second kappa shape index (κ2) is 5.51. The van der Waals surface area contributed by atoms with E-state index >= 15 is 0 Å². The van der Waals surface area contributed by atoms with E-state index in [1.165, 1.54) is 12.1 Å². The highest BCUT2D eigenvalue weighted by Gasteiger charge is 2.18. The third kappa shape index (κ3) is 3.40. The van der Waals surface area contributed by atoms with Crippen molar-refractivity contribution in [1.82, 2.24) is 14.7 Å². The topological polar surface area (TPSA) is 112 Å². The van der Waals surface area contributed by atoms with E-state index in [9.17, 15) is 13.2 Å². The maximum atomic E-state index is 11.9. The Morgan fingerprint density at radius 3 is 2.84 bits per heavy atom. The first kappa shape index (κ1) is 13.7. The predicted molar refractivity (Wildman–Crippen MR) is 68.8 cm³/mol. The van der Waals surface area contributed by atoms with Gasteiger partial charge in [-0.2, -0.15) is 0 Å². The molecule has 2 aromatic heterocycles. The molecular weight excluding hydrogens is 290 g/mol. The average molecular weight is 301 g/mol. The minimum Gasteiger partial charge on any atom is -0.477 e. The van der Waals surface area contributed by atoms with Crippen molar-refractivity contribution in [3.8, 4) is 0 Å². The molecule has 0 atom stereocenters. The highest BCUT2D eigenvalue weighted by atomic mass is 32.2. The Balaban J connectivity index is 1.99.